The number of amides is 1. The Bertz CT molecular complexity index is 859. The van der Waals surface area contributed by atoms with Gasteiger partial charge in [0, 0.05) is 22.8 Å². The summed E-state index contributed by atoms with van der Waals surface area (Å²) in [6.07, 6.45) is 1.67. The fraction of sp³-hybridized carbons (Fsp3) is 0.391. The molecule has 0 aliphatic carbocycles. The van der Waals surface area contributed by atoms with E-state index in [0.717, 1.165) is 49.3 Å². The number of ether oxygens (including phenoxy) is 1. The number of likely N-dealkylation sites (tertiary alicyclic amines) is 1. The predicted molar refractivity (Wildman–Crippen MR) is 115 cm³/mol. The van der Waals surface area contributed by atoms with Gasteiger partial charge in [-0.05, 0) is 81.2 Å². The zero-order valence-corrected chi connectivity index (χ0v) is 17.7. The lowest BCUT2D eigenvalue weighted by Gasteiger charge is -2.30. The van der Waals surface area contributed by atoms with Crippen LogP contribution >= 0.6 is 11.6 Å². The van der Waals surface area contributed by atoms with E-state index in [0.29, 0.717) is 17.2 Å². The zero-order chi connectivity index (χ0) is 20.8. The van der Waals surface area contributed by atoms with Crippen molar-refractivity contribution in [3.8, 4) is 0 Å². The molecular weight excluding hydrogens is 388 g/mol. The van der Waals surface area contributed by atoms with Crippen LogP contribution in [0.3, 0.4) is 0 Å². The highest BCUT2D eigenvalue weighted by Crippen LogP contribution is 2.22. The van der Waals surface area contributed by atoms with Crippen molar-refractivity contribution in [3.63, 3.8) is 0 Å². The molecule has 0 saturated carbocycles. The molecule has 2 aromatic carbocycles. The normalized spacial score (nSPS) is 15.1. The molecule has 1 fully saturated rings. The number of carbonyl (C=O) groups is 2. The molecule has 154 valence electrons. The summed E-state index contributed by atoms with van der Waals surface area (Å²) >= 11 is 6.03. The Morgan fingerprint density at radius 2 is 1.83 bits per heavy atom. The first-order chi connectivity index (χ1) is 14.0. The Balaban J connectivity index is 1.52. The minimum atomic E-state index is -0.145. The highest BCUT2D eigenvalue weighted by molar-refractivity contribution is 6.31. The van der Waals surface area contributed by atoms with E-state index >= 15 is 0 Å². The Morgan fingerprint density at radius 1 is 1.14 bits per heavy atom. The van der Waals surface area contributed by atoms with Gasteiger partial charge in [-0.3, -0.25) is 14.5 Å². The molecule has 0 atom stereocenters. The van der Waals surface area contributed by atoms with E-state index in [1.807, 2.05) is 44.2 Å². The summed E-state index contributed by atoms with van der Waals surface area (Å²) in [5.74, 6) is -0.194. The van der Waals surface area contributed by atoms with Gasteiger partial charge in [-0.2, -0.15) is 0 Å². The van der Waals surface area contributed by atoms with Gasteiger partial charge in [0.05, 0.1) is 12.5 Å². The standard InChI is InChI=1S/C23H27ClN2O3/c1-3-29-23(28)19-10-12-26(13-11-19)15-17-4-6-18(7-5-17)22(27)25-20-8-9-21(24)16(2)14-20/h4-9,14,19H,3,10-13,15H2,1-2H3,(H,25,27). The lowest BCUT2D eigenvalue weighted by Crippen LogP contribution is -2.36. The topological polar surface area (TPSA) is 58.6 Å². The summed E-state index contributed by atoms with van der Waals surface area (Å²) in [6, 6.07) is 13.1. The van der Waals surface area contributed by atoms with E-state index < -0.39 is 0 Å². The Morgan fingerprint density at radius 3 is 2.45 bits per heavy atom. The number of rotatable bonds is 6. The Kier molecular flexibility index (Phi) is 7.29. The molecule has 6 heteroatoms. The van der Waals surface area contributed by atoms with Gasteiger partial charge in [0.1, 0.15) is 0 Å². The van der Waals surface area contributed by atoms with Crippen molar-refractivity contribution in [2.75, 3.05) is 25.0 Å². The van der Waals surface area contributed by atoms with Crippen molar-refractivity contribution in [2.45, 2.75) is 33.2 Å². The molecule has 1 aliphatic rings. The van der Waals surface area contributed by atoms with Crippen molar-refractivity contribution in [1.29, 1.82) is 0 Å². The average molecular weight is 415 g/mol. The van der Waals surface area contributed by atoms with Gasteiger partial charge in [-0.1, -0.05) is 23.7 Å². The number of carbonyl (C=O) groups excluding carboxylic acids is 2. The summed E-state index contributed by atoms with van der Waals surface area (Å²) in [6.45, 7) is 6.75. The second kappa shape index (κ2) is 9.90. The fourth-order valence-electron chi connectivity index (χ4n) is 3.53. The van der Waals surface area contributed by atoms with E-state index in [1.165, 1.54) is 0 Å². The molecular formula is C23H27ClN2O3. The van der Waals surface area contributed by atoms with Crippen LogP contribution < -0.4 is 5.32 Å². The molecule has 2 aromatic rings. The summed E-state index contributed by atoms with van der Waals surface area (Å²) < 4.78 is 5.12. The summed E-state index contributed by atoms with van der Waals surface area (Å²) in [5.41, 5.74) is 3.41. The van der Waals surface area contributed by atoms with Gasteiger partial charge in [-0.25, -0.2) is 0 Å². The first-order valence-corrected chi connectivity index (χ1v) is 10.4. The third-order valence-corrected chi connectivity index (χ3v) is 5.67. The van der Waals surface area contributed by atoms with Crippen molar-refractivity contribution in [1.82, 2.24) is 4.90 Å². The van der Waals surface area contributed by atoms with E-state index in [1.54, 1.807) is 12.1 Å². The summed E-state index contributed by atoms with van der Waals surface area (Å²) in [5, 5.41) is 3.58. The number of aryl methyl sites for hydroxylation is 1. The molecule has 29 heavy (non-hydrogen) atoms. The van der Waals surface area contributed by atoms with Crippen LogP contribution in [-0.2, 0) is 16.1 Å². The van der Waals surface area contributed by atoms with Crippen LogP contribution in [0.4, 0.5) is 5.69 Å². The van der Waals surface area contributed by atoms with Gasteiger partial charge in [0.15, 0.2) is 0 Å². The van der Waals surface area contributed by atoms with Gasteiger partial charge >= 0.3 is 5.97 Å². The maximum Gasteiger partial charge on any atom is 0.309 e. The van der Waals surface area contributed by atoms with Crippen molar-refractivity contribution in [3.05, 3.63) is 64.2 Å². The molecule has 0 aromatic heterocycles. The SMILES string of the molecule is CCOC(=O)C1CCN(Cc2ccc(C(=O)Nc3ccc(Cl)c(C)c3)cc2)CC1. The van der Waals surface area contributed by atoms with Crippen LogP contribution in [0.15, 0.2) is 42.5 Å². The monoisotopic (exact) mass is 414 g/mol. The van der Waals surface area contributed by atoms with E-state index in [2.05, 4.69) is 10.2 Å². The molecule has 1 amide bonds. The lowest BCUT2D eigenvalue weighted by atomic mass is 9.96. The van der Waals surface area contributed by atoms with Gasteiger partial charge in [-0.15, -0.1) is 0 Å². The molecule has 0 radical (unpaired) electrons. The minimum Gasteiger partial charge on any atom is -0.466 e. The van der Waals surface area contributed by atoms with E-state index in [4.69, 9.17) is 16.3 Å². The number of nitrogens with zero attached hydrogens (tertiary/aromatic N) is 1. The zero-order valence-electron chi connectivity index (χ0n) is 16.9. The number of anilines is 1. The average Bonchev–Trinajstić information content (AvgIpc) is 2.72. The van der Waals surface area contributed by atoms with Crippen molar-refractivity contribution in [2.24, 2.45) is 5.92 Å². The lowest BCUT2D eigenvalue weighted by molar-refractivity contribution is -0.149. The molecule has 1 N–H and O–H groups in total. The predicted octanol–water partition coefficient (Wildman–Crippen LogP) is 4.68. The molecule has 0 unspecified atom stereocenters. The highest BCUT2D eigenvalue weighted by Gasteiger charge is 2.25. The van der Waals surface area contributed by atoms with Gasteiger partial charge in [0.25, 0.3) is 5.91 Å². The highest BCUT2D eigenvalue weighted by atomic mass is 35.5. The quantitative estimate of drug-likeness (QED) is 0.697. The van der Waals surface area contributed by atoms with Crippen LogP contribution in [0.25, 0.3) is 0 Å². The number of piperidine rings is 1. The second-order valence-corrected chi connectivity index (χ2v) is 7.82. The largest absolute Gasteiger partial charge is 0.466 e. The molecule has 0 spiro atoms. The smallest absolute Gasteiger partial charge is 0.309 e. The minimum absolute atomic E-state index is 0.0220. The molecule has 0 bridgehead atoms. The Hall–Kier alpha value is -2.37. The van der Waals surface area contributed by atoms with Gasteiger partial charge in [0.2, 0.25) is 0 Å². The van der Waals surface area contributed by atoms with Crippen LogP contribution in [0.1, 0.15) is 41.3 Å². The van der Waals surface area contributed by atoms with Crippen LogP contribution in [0.2, 0.25) is 5.02 Å². The summed E-state index contributed by atoms with van der Waals surface area (Å²) in [4.78, 5) is 26.6. The first-order valence-electron chi connectivity index (χ1n) is 10.0. The van der Waals surface area contributed by atoms with Crippen LogP contribution in [0.5, 0.6) is 0 Å². The summed E-state index contributed by atoms with van der Waals surface area (Å²) in [7, 11) is 0. The molecule has 1 aliphatic heterocycles. The number of halogens is 1. The number of esters is 1. The molecule has 3 rings (SSSR count). The van der Waals surface area contributed by atoms with E-state index in [9.17, 15) is 9.59 Å². The number of benzene rings is 2. The third kappa shape index (κ3) is 5.81. The van der Waals surface area contributed by atoms with Crippen molar-refractivity contribution < 1.29 is 14.3 Å². The third-order valence-electron chi connectivity index (χ3n) is 5.25. The van der Waals surface area contributed by atoms with Gasteiger partial charge < -0.3 is 10.1 Å². The Labute approximate surface area is 177 Å². The molecule has 1 heterocycles. The van der Waals surface area contributed by atoms with E-state index in [-0.39, 0.29) is 17.8 Å². The number of hydrogen-bond donors (Lipinski definition) is 1. The van der Waals surface area contributed by atoms with Crippen molar-refractivity contribution >= 4 is 29.2 Å². The fourth-order valence-corrected chi connectivity index (χ4v) is 3.65. The molecule has 1 saturated heterocycles. The maximum atomic E-state index is 12.5. The first kappa shape index (κ1) is 21.3. The number of hydrogen-bond acceptors (Lipinski definition) is 4. The maximum absolute atomic E-state index is 12.5. The number of nitrogens with one attached hydrogen (secondary N) is 1. The molecule has 5 nitrogen and oxygen atoms in total. The van der Waals surface area contributed by atoms with Crippen LogP contribution in [0, 0.1) is 12.8 Å². The second-order valence-electron chi connectivity index (χ2n) is 7.42. The van der Waals surface area contributed by atoms with Crippen LogP contribution in [-0.4, -0.2) is 36.5 Å².